The summed E-state index contributed by atoms with van der Waals surface area (Å²) in [7, 11) is 5.28. The van der Waals surface area contributed by atoms with Crippen molar-refractivity contribution in [3.8, 4) is 114 Å². The zero-order valence-electron chi connectivity index (χ0n) is 61.7. The van der Waals surface area contributed by atoms with Crippen LogP contribution in [0, 0.1) is 47.0 Å². The van der Waals surface area contributed by atoms with Gasteiger partial charge >= 0.3 is 19.1 Å². The average Bonchev–Trinajstić information content (AvgIpc) is 1.77. The molecule has 14 rings (SSSR count). The summed E-state index contributed by atoms with van der Waals surface area (Å²) in [4.78, 5) is 50.4. The molecule has 14 aromatic rings. The standard InChI is InChI=1S/C24H23N3O3.C23H17F5N4O2.C19H10F4N2O2.C17H11F3N4O2/c1-4-29-20-10-11-22(17(2)12-20)27-16-21(18-14-25-26(3)15-18)23(13-24(27)28)30-19-8-6-5-7-9-19;1-31-12-15(11-30-31)19-13-32(17-4-6-18(7-5-17)34-23(26,27)28)22(33)9-21(19)29-10-14-2-3-16(24)8-20(14)25;20-14-3-1-12(2-4-14)17-11-25(18(26)9-13(17)10-24)15-5-7-16(8-6-15)27-19(21,22)23;1-23-9-12(8-22-23)15-10-24(16(25)6-11(15)7-21)13-2-4-14(5-3-13)26-17(18,19)20/h5-16H,4H2,1-3H3;2-9,11-13,29H,10H2,1H3;1-9,11H;2-6,8-10H,1H3. The molecular weight excluding hydrogens is 1550 g/mol. The number of aryl methyl sites for hydroxylation is 4. The number of nitrogens with one attached hydrogen (secondary N) is 1. The summed E-state index contributed by atoms with van der Waals surface area (Å²) in [6, 6.07) is 47.0. The lowest BCUT2D eigenvalue weighted by molar-refractivity contribution is -0.275. The van der Waals surface area contributed by atoms with Gasteiger partial charge in [0.1, 0.15) is 64.1 Å². The van der Waals surface area contributed by atoms with E-state index >= 15 is 0 Å². The Morgan fingerprint density at radius 2 is 0.829 bits per heavy atom. The predicted molar refractivity (Wildman–Crippen MR) is 406 cm³/mol. The van der Waals surface area contributed by atoms with E-state index in [1.54, 1.807) is 69.9 Å². The number of hydrogen-bond donors (Lipinski definition) is 1. The van der Waals surface area contributed by atoms with Crippen LogP contribution in [-0.4, -0.2) is 73.3 Å². The van der Waals surface area contributed by atoms with Crippen LogP contribution in [0.15, 0.2) is 269 Å². The van der Waals surface area contributed by atoms with Gasteiger partial charge in [0.25, 0.3) is 22.2 Å². The van der Waals surface area contributed by atoms with Crippen molar-refractivity contribution in [2.75, 3.05) is 11.9 Å². The zero-order valence-corrected chi connectivity index (χ0v) is 61.7. The molecular formula is C83H61F12N13O9. The fourth-order valence-electron chi connectivity index (χ4n) is 11.6. The van der Waals surface area contributed by atoms with Crippen molar-refractivity contribution in [3.05, 3.63) is 331 Å². The van der Waals surface area contributed by atoms with E-state index in [2.05, 4.69) is 34.8 Å². The molecule has 117 heavy (non-hydrogen) atoms. The number of nitrogens with zero attached hydrogens (tertiary/aromatic N) is 12. The van der Waals surface area contributed by atoms with E-state index in [1.807, 2.05) is 87.8 Å². The van der Waals surface area contributed by atoms with Crippen molar-refractivity contribution in [1.29, 1.82) is 10.5 Å². The fourth-order valence-corrected chi connectivity index (χ4v) is 11.6. The fraction of sp³-hybridized carbons (Fsp3) is 0.120. The monoisotopic (exact) mass is 1610 g/mol. The lowest BCUT2D eigenvalue weighted by Gasteiger charge is -2.15. The number of ether oxygens (including phenoxy) is 5. The first kappa shape index (κ1) is 82.9. The predicted octanol–water partition coefficient (Wildman–Crippen LogP) is 17.2. The van der Waals surface area contributed by atoms with Crippen molar-refractivity contribution < 1.29 is 76.4 Å². The Labute approximate surface area is 655 Å². The third-order valence-corrected chi connectivity index (χ3v) is 16.9. The maximum Gasteiger partial charge on any atom is 0.573 e. The molecule has 0 bridgehead atoms. The molecule has 0 radical (unpaired) electrons. The number of anilines is 1. The van der Waals surface area contributed by atoms with Crippen LogP contribution in [0.1, 0.15) is 29.2 Å². The minimum Gasteiger partial charge on any atom is -0.494 e. The van der Waals surface area contributed by atoms with Crippen molar-refractivity contribution >= 4 is 5.69 Å². The SMILES string of the molecule is CCOc1ccc(-n2cc(-c3cnn(C)c3)c(Oc3ccccc3)cc2=O)c(C)c1.Cn1cc(-c2cn(-c3ccc(OC(F)(F)F)cc3)c(=O)cc2C#N)cn1.Cn1cc(-c2cn(-c3ccc(OC(F)(F)F)cc3)c(=O)cc2NCc2ccc(F)cc2F)cn1.N#Cc1cc(=O)n(-c2ccc(OC(F)(F)F)cc2)cc1-c1ccc(F)cc1. The highest BCUT2D eigenvalue weighted by molar-refractivity contribution is 5.77. The minimum absolute atomic E-state index is 0.0215. The number of aromatic nitrogens is 10. The largest absolute Gasteiger partial charge is 0.573 e. The van der Waals surface area contributed by atoms with E-state index in [4.69, 9.17) is 9.47 Å². The highest BCUT2D eigenvalue weighted by Gasteiger charge is 2.33. The first-order valence-corrected chi connectivity index (χ1v) is 34.5. The summed E-state index contributed by atoms with van der Waals surface area (Å²) in [6.07, 6.45) is 1.86. The van der Waals surface area contributed by atoms with E-state index < -0.39 is 70.5 Å². The van der Waals surface area contributed by atoms with Crippen molar-refractivity contribution in [1.82, 2.24) is 47.6 Å². The smallest absolute Gasteiger partial charge is 0.494 e. The van der Waals surface area contributed by atoms with Crippen LogP contribution in [0.5, 0.6) is 34.5 Å². The molecule has 7 aromatic carbocycles. The van der Waals surface area contributed by atoms with Gasteiger partial charge in [-0.05, 0) is 146 Å². The Morgan fingerprint density at radius 3 is 1.26 bits per heavy atom. The van der Waals surface area contributed by atoms with Crippen molar-refractivity contribution in [2.45, 2.75) is 39.5 Å². The highest BCUT2D eigenvalue weighted by Crippen LogP contribution is 2.36. The molecule has 0 saturated heterocycles. The van der Waals surface area contributed by atoms with Crippen molar-refractivity contribution in [2.24, 2.45) is 21.1 Å². The number of hydrogen-bond acceptors (Lipinski definition) is 15. The van der Waals surface area contributed by atoms with Gasteiger partial charge in [-0.1, -0.05) is 36.4 Å². The Morgan fingerprint density at radius 1 is 0.419 bits per heavy atom. The minimum atomic E-state index is -4.83. The lowest BCUT2D eigenvalue weighted by Crippen LogP contribution is -2.19. The first-order valence-electron chi connectivity index (χ1n) is 34.5. The molecule has 22 nitrogen and oxygen atoms in total. The Kier molecular flexibility index (Phi) is 25.3. The summed E-state index contributed by atoms with van der Waals surface area (Å²) in [5.74, 6) is -1.19. The third kappa shape index (κ3) is 21.8. The van der Waals surface area contributed by atoms with Gasteiger partial charge in [0.05, 0.1) is 42.0 Å². The number of rotatable bonds is 18. The third-order valence-electron chi connectivity index (χ3n) is 16.9. The quantitative estimate of drug-likeness (QED) is 0.0785. The summed E-state index contributed by atoms with van der Waals surface area (Å²) in [6.45, 7) is 4.48. The number of nitriles is 2. The Balaban J connectivity index is 0.000000154. The summed E-state index contributed by atoms with van der Waals surface area (Å²) < 4.78 is 184. The maximum atomic E-state index is 14.0. The van der Waals surface area contributed by atoms with Gasteiger partial charge in [-0.15, -0.1) is 39.5 Å². The number of benzene rings is 7. The van der Waals surface area contributed by atoms with E-state index in [-0.39, 0.29) is 34.5 Å². The zero-order chi connectivity index (χ0) is 84.0. The Hall–Kier alpha value is -15.1. The van der Waals surface area contributed by atoms with Gasteiger partial charge in [0, 0.05) is 169 Å². The van der Waals surface area contributed by atoms with Crippen molar-refractivity contribution in [3.63, 3.8) is 0 Å². The summed E-state index contributed by atoms with van der Waals surface area (Å²) >= 11 is 0. The van der Waals surface area contributed by atoms with Gasteiger partial charge < -0.3 is 29.0 Å². The average molecular weight is 1610 g/mol. The normalized spacial score (nSPS) is 11.1. The summed E-state index contributed by atoms with van der Waals surface area (Å²) in [5.41, 5.74) is 6.62. The molecule has 7 heterocycles. The number of para-hydroxylation sites is 1. The molecule has 0 amide bonds. The number of halogens is 12. The molecule has 1 N–H and O–H groups in total. The molecule has 0 spiro atoms. The molecule has 0 aliphatic heterocycles. The van der Waals surface area contributed by atoms with Gasteiger partial charge in [-0.3, -0.25) is 51.5 Å². The topological polar surface area (TPSA) is 247 Å². The molecule has 0 aliphatic rings. The second kappa shape index (κ2) is 35.7. The molecule has 0 saturated carbocycles. The van der Waals surface area contributed by atoms with Gasteiger partial charge in [-0.2, -0.15) is 25.8 Å². The van der Waals surface area contributed by atoms with Gasteiger partial charge in [0.2, 0.25) is 0 Å². The lowest BCUT2D eigenvalue weighted by atomic mass is 10.0. The van der Waals surface area contributed by atoms with Crippen LogP contribution in [0.4, 0.5) is 58.4 Å². The number of pyridine rings is 4. The molecule has 7 aromatic heterocycles. The molecule has 0 unspecified atom stereocenters. The number of alkyl halides is 9. The van der Waals surface area contributed by atoms with E-state index in [0.717, 1.165) is 82.7 Å². The highest BCUT2D eigenvalue weighted by atomic mass is 19.4. The van der Waals surface area contributed by atoms with Crippen LogP contribution in [0.25, 0.3) is 67.3 Å². The van der Waals surface area contributed by atoms with Gasteiger partial charge in [-0.25, -0.2) is 13.2 Å². The molecule has 0 fully saturated rings. The Bertz CT molecular complexity index is 6220. The van der Waals surface area contributed by atoms with E-state index in [9.17, 15) is 82.4 Å². The van der Waals surface area contributed by atoms with Crippen LogP contribution in [0.3, 0.4) is 0 Å². The summed E-state index contributed by atoms with van der Waals surface area (Å²) in [5, 5.41) is 34.0. The van der Waals surface area contributed by atoms with Crippen LogP contribution >= 0.6 is 0 Å². The molecule has 596 valence electrons. The molecule has 0 atom stereocenters. The van der Waals surface area contributed by atoms with Crippen LogP contribution in [-0.2, 0) is 27.7 Å². The van der Waals surface area contributed by atoms with Gasteiger partial charge in [0.15, 0.2) is 0 Å². The maximum absolute atomic E-state index is 14.0. The molecule has 34 heteroatoms. The molecule has 0 aliphatic carbocycles. The van der Waals surface area contributed by atoms with Crippen LogP contribution < -0.4 is 51.2 Å². The first-order chi connectivity index (χ1) is 55.7. The van der Waals surface area contributed by atoms with E-state index in [1.165, 1.54) is 117 Å². The van der Waals surface area contributed by atoms with Crippen LogP contribution in [0.2, 0.25) is 0 Å². The second-order valence-corrected chi connectivity index (χ2v) is 25.1. The van der Waals surface area contributed by atoms with E-state index in [0.29, 0.717) is 68.5 Å². The second-order valence-electron chi connectivity index (χ2n) is 25.1.